The Labute approximate surface area is 129 Å². The summed E-state index contributed by atoms with van der Waals surface area (Å²) in [7, 11) is 0. The van der Waals surface area contributed by atoms with E-state index in [2.05, 4.69) is 20.9 Å². The number of aliphatic hydroxyl groups excluding tert-OH is 1. The SMILES string of the molecule is O=c1[nH]c2c(CO)cc(F)c(F)c2n1-c1ccc(Br)cc1F. The van der Waals surface area contributed by atoms with Gasteiger partial charge in [-0.15, -0.1) is 0 Å². The van der Waals surface area contributed by atoms with Crippen LogP contribution >= 0.6 is 15.9 Å². The smallest absolute Gasteiger partial charge is 0.331 e. The Morgan fingerprint density at radius 1 is 1.18 bits per heavy atom. The van der Waals surface area contributed by atoms with Gasteiger partial charge in [-0.2, -0.15) is 0 Å². The van der Waals surface area contributed by atoms with Gasteiger partial charge in [0.05, 0.1) is 17.8 Å². The number of aliphatic hydroxyl groups is 1. The van der Waals surface area contributed by atoms with Gasteiger partial charge < -0.3 is 10.1 Å². The molecule has 0 aliphatic heterocycles. The van der Waals surface area contributed by atoms with Crippen LogP contribution in [0.2, 0.25) is 0 Å². The van der Waals surface area contributed by atoms with Crippen LogP contribution in [0.4, 0.5) is 13.2 Å². The molecule has 0 amide bonds. The summed E-state index contributed by atoms with van der Waals surface area (Å²) in [4.78, 5) is 14.4. The van der Waals surface area contributed by atoms with Crippen molar-refractivity contribution in [3.05, 3.63) is 62.2 Å². The molecular formula is C14H8BrF3N2O2. The molecule has 0 aliphatic carbocycles. The van der Waals surface area contributed by atoms with Crippen molar-refractivity contribution < 1.29 is 18.3 Å². The largest absolute Gasteiger partial charge is 0.392 e. The van der Waals surface area contributed by atoms with Crippen molar-refractivity contribution in [3.8, 4) is 5.69 Å². The van der Waals surface area contributed by atoms with E-state index in [0.29, 0.717) is 9.04 Å². The van der Waals surface area contributed by atoms with Gasteiger partial charge in [0.25, 0.3) is 0 Å². The third-order valence-electron chi connectivity index (χ3n) is 3.26. The maximum absolute atomic E-state index is 14.1. The summed E-state index contributed by atoms with van der Waals surface area (Å²) in [5.41, 5.74) is -1.59. The number of hydrogen-bond acceptors (Lipinski definition) is 2. The lowest BCUT2D eigenvalue weighted by Crippen LogP contribution is -2.16. The van der Waals surface area contributed by atoms with Crippen molar-refractivity contribution in [2.24, 2.45) is 0 Å². The van der Waals surface area contributed by atoms with Crippen LogP contribution < -0.4 is 5.69 Å². The second kappa shape index (κ2) is 5.29. The maximum atomic E-state index is 14.1. The number of rotatable bonds is 2. The molecule has 1 heterocycles. The van der Waals surface area contributed by atoms with Crippen molar-refractivity contribution >= 4 is 27.0 Å². The second-order valence-electron chi connectivity index (χ2n) is 4.57. The third kappa shape index (κ3) is 2.15. The first-order valence-corrected chi connectivity index (χ1v) is 6.91. The molecule has 4 nitrogen and oxygen atoms in total. The zero-order valence-corrected chi connectivity index (χ0v) is 12.4. The van der Waals surface area contributed by atoms with Gasteiger partial charge in [-0.3, -0.25) is 4.57 Å². The lowest BCUT2D eigenvalue weighted by Gasteiger charge is -2.07. The number of imidazole rings is 1. The minimum Gasteiger partial charge on any atom is -0.392 e. The molecule has 0 fully saturated rings. The molecule has 0 aliphatic rings. The van der Waals surface area contributed by atoms with Gasteiger partial charge in [-0.1, -0.05) is 15.9 Å². The number of aromatic nitrogens is 2. The highest BCUT2D eigenvalue weighted by Crippen LogP contribution is 2.26. The highest BCUT2D eigenvalue weighted by molar-refractivity contribution is 9.10. The number of H-pyrrole nitrogens is 1. The predicted octanol–water partition coefficient (Wildman–Crippen LogP) is 2.99. The molecule has 0 atom stereocenters. The van der Waals surface area contributed by atoms with E-state index in [4.69, 9.17) is 0 Å². The minimum absolute atomic E-state index is 0.00210. The van der Waals surface area contributed by atoms with E-state index in [1.165, 1.54) is 12.1 Å². The van der Waals surface area contributed by atoms with Gasteiger partial charge in [0, 0.05) is 10.0 Å². The number of fused-ring (bicyclic) bond motifs is 1. The van der Waals surface area contributed by atoms with Gasteiger partial charge >= 0.3 is 5.69 Å². The van der Waals surface area contributed by atoms with Crippen LogP contribution in [-0.4, -0.2) is 14.7 Å². The summed E-state index contributed by atoms with van der Waals surface area (Å²) >= 11 is 3.07. The number of nitrogens with zero attached hydrogens (tertiary/aromatic N) is 1. The highest BCUT2D eigenvalue weighted by Gasteiger charge is 2.21. The fourth-order valence-electron chi connectivity index (χ4n) is 2.29. The van der Waals surface area contributed by atoms with Crippen LogP contribution in [0.5, 0.6) is 0 Å². The molecule has 22 heavy (non-hydrogen) atoms. The van der Waals surface area contributed by atoms with Gasteiger partial charge in [0.1, 0.15) is 11.3 Å². The number of benzene rings is 2. The Bertz CT molecular complexity index is 949. The van der Waals surface area contributed by atoms with Gasteiger partial charge in [-0.25, -0.2) is 18.0 Å². The standard InChI is InChI=1S/C14H8BrF3N2O2/c15-7-1-2-10(8(16)4-7)20-13-11(18)9(17)3-6(5-21)12(13)19-14(20)22/h1-4,21H,5H2,(H,19,22). The van der Waals surface area contributed by atoms with Crippen LogP contribution in [0.25, 0.3) is 16.7 Å². The van der Waals surface area contributed by atoms with E-state index in [1.54, 1.807) is 0 Å². The lowest BCUT2D eigenvalue weighted by atomic mass is 10.1. The Morgan fingerprint density at radius 2 is 1.91 bits per heavy atom. The van der Waals surface area contributed by atoms with Crippen molar-refractivity contribution in [3.63, 3.8) is 0 Å². The van der Waals surface area contributed by atoms with Crippen LogP contribution in [0.1, 0.15) is 5.56 Å². The van der Waals surface area contributed by atoms with E-state index >= 15 is 0 Å². The lowest BCUT2D eigenvalue weighted by molar-refractivity contribution is 0.282. The third-order valence-corrected chi connectivity index (χ3v) is 3.75. The van der Waals surface area contributed by atoms with E-state index in [9.17, 15) is 23.1 Å². The predicted molar refractivity (Wildman–Crippen MR) is 77.4 cm³/mol. The molecule has 0 radical (unpaired) electrons. The van der Waals surface area contributed by atoms with Gasteiger partial charge in [0.15, 0.2) is 11.6 Å². The Morgan fingerprint density at radius 3 is 2.55 bits per heavy atom. The average Bonchev–Trinajstić information content (AvgIpc) is 2.80. The second-order valence-corrected chi connectivity index (χ2v) is 5.49. The summed E-state index contributed by atoms with van der Waals surface area (Å²) in [5.74, 6) is -3.32. The molecule has 114 valence electrons. The maximum Gasteiger partial charge on any atom is 0.331 e. The summed E-state index contributed by atoms with van der Waals surface area (Å²) < 4.78 is 43.0. The van der Waals surface area contributed by atoms with Crippen LogP contribution in [0.15, 0.2) is 33.5 Å². The molecule has 8 heteroatoms. The summed E-state index contributed by atoms with van der Waals surface area (Å²) in [5, 5.41) is 9.21. The molecule has 0 unspecified atom stereocenters. The van der Waals surface area contributed by atoms with E-state index < -0.39 is 35.3 Å². The molecular weight excluding hydrogens is 365 g/mol. The first-order chi connectivity index (χ1) is 10.4. The number of nitrogens with one attached hydrogen (secondary N) is 1. The topological polar surface area (TPSA) is 58.0 Å². The van der Waals surface area contributed by atoms with Crippen molar-refractivity contribution in [1.29, 1.82) is 0 Å². The Kier molecular flexibility index (Phi) is 3.57. The number of halogens is 4. The van der Waals surface area contributed by atoms with E-state index in [1.807, 2.05) is 0 Å². The molecule has 0 saturated heterocycles. The molecule has 0 spiro atoms. The normalized spacial score (nSPS) is 11.3. The van der Waals surface area contributed by atoms with Crippen molar-refractivity contribution in [2.75, 3.05) is 0 Å². The van der Waals surface area contributed by atoms with E-state index in [-0.39, 0.29) is 16.8 Å². The molecule has 0 saturated carbocycles. The van der Waals surface area contributed by atoms with Gasteiger partial charge in [0.2, 0.25) is 0 Å². The quantitative estimate of drug-likeness (QED) is 0.726. The van der Waals surface area contributed by atoms with Crippen LogP contribution in [-0.2, 0) is 6.61 Å². The molecule has 2 N–H and O–H groups in total. The Balaban J connectivity index is 2.47. The van der Waals surface area contributed by atoms with Gasteiger partial charge in [-0.05, 0) is 24.3 Å². The van der Waals surface area contributed by atoms with Crippen LogP contribution in [0.3, 0.4) is 0 Å². The summed E-state index contributed by atoms with van der Waals surface area (Å²) in [6.45, 7) is -0.601. The first-order valence-electron chi connectivity index (χ1n) is 6.12. The fraction of sp³-hybridized carbons (Fsp3) is 0.0714. The van der Waals surface area contributed by atoms with Crippen molar-refractivity contribution in [1.82, 2.24) is 9.55 Å². The number of hydrogen-bond donors (Lipinski definition) is 2. The summed E-state index contributed by atoms with van der Waals surface area (Å²) in [6, 6.07) is 4.62. The minimum atomic E-state index is -1.30. The average molecular weight is 373 g/mol. The first kappa shape index (κ1) is 14.9. The zero-order chi connectivity index (χ0) is 16.0. The zero-order valence-electron chi connectivity index (χ0n) is 10.8. The fourth-order valence-corrected chi connectivity index (χ4v) is 2.63. The van der Waals surface area contributed by atoms with Crippen molar-refractivity contribution in [2.45, 2.75) is 6.61 Å². The molecule has 3 aromatic rings. The summed E-state index contributed by atoms with van der Waals surface area (Å²) in [6.07, 6.45) is 0. The molecule has 1 aromatic heterocycles. The van der Waals surface area contributed by atoms with E-state index in [0.717, 1.165) is 12.1 Å². The molecule has 3 rings (SSSR count). The highest BCUT2D eigenvalue weighted by atomic mass is 79.9. The molecule has 0 bridgehead atoms. The molecule has 2 aromatic carbocycles. The van der Waals surface area contributed by atoms with Crippen LogP contribution in [0, 0.1) is 17.5 Å². The Hall–Kier alpha value is -2.06. The number of aromatic amines is 1. The monoisotopic (exact) mass is 372 g/mol.